The number of benzene rings is 1. The highest BCUT2D eigenvalue weighted by molar-refractivity contribution is 5.78. The maximum absolute atomic E-state index is 12.2. The first kappa shape index (κ1) is 15.8. The first-order valence-electron chi connectivity index (χ1n) is 7.72. The fourth-order valence-corrected chi connectivity index (χ4v) is 2.73. The zero-order valence-electron chi connectivity index (χ0n) is 13.3. The minimum Gasteiger partial charge on any atom is -0.483 e. The SMILES string of the molecule is Cc1ccc(C(C)C)c(OCC(=O)N2CC[C@H](CN)C2)c1. The standard InChI is InChI=1S/C17H26N2O2/c1-12(2)15-5-4-13(3)8-16(15)21-11-17(20)19-7-6-14(9-18)10-19/h4-5,8,12,14H,6-7,9-11,18H2,1-3H3/t14-/m1/s1. The lowest BCUT2D eigenvalue weighted by Gasteiger charge is -2.19. The number of rotatable bonds is 5. The summed E-state index contributed by atoms with van der Waals surface area (Å²) in [4.78, 5) is 14.1. The van der Waals surface area contributed by atoms with Gasteiger partial charge in [-0.25, -0.2) is 0 Å². The summed E-state index contributed by atoms with van der Waals surface area (Å²) < 4.78 is 5.80. The van der Waals surface area contributed by atoms with Crippen LogP contribution in [0, 0.1) is 12.8 Å². The number of ether oxygens (including phenoxy) is 1. The number of hydrogen-bond acceptors (Lipinski definition) is 3. The molecule has 1 atom stereocenters. The molecule has 1 amide bonds. The van der Waals surface area contributed by atoms with Gasteiger partial charge in [-0.2, -0.15) is 0 Å². The summed E-state index contributed by atoms with van der Waals surface area (Å²) in [6.45, 7) is 8.63. The molecule has 0 saturated carbocycles. The van der Waals surface area contributed by atoms with Crippen LogP contribution in [0.15, 0.2) is 18.2 Å². The molecule has 1 aromatic carbocycles. The monoisotopic (exact) mass is 290 g/mol. The predicted molar refractivity (Wildman–Crippen MR) is 84.5 cm³/mol. The molecule has 0 radical (unpaired) electrons. The van der Waals surface area contributed by atoms with Crippen LogP contribution < -0.4 is 10.5 Å². The second-order valence-electron chi connectivity index (χ2n) is 6.21. The minimum atomic E-state index is 0.0576. The van der Waals surface area contributed by atoms with Gasteiger partial charge in [-0.15, -0.1) is 0 Å². The summed E-state index contributed by atoms with van der Waals surface area (Å²) in [7, 11) is 0. The van der Waals surface area contributed by atoms with Crippen LogP contribution in [0.1, 0.15) is 37.3 Å². The van der Waals surface area contributed by atoms with E-state index in [0.29, 0.717) is 18.4 Å². The van der Waals surface area contributed by atoms with Gasteiger partial charge in [-0.3, -0.25) is 4.79 Å². The molecule has 4 heteroatoms. The Balaban J connectivity index is 1.97. The van der Waals surface area contributed by atoms with Crippen LogP contribution in [0.5, 0.6) is 5.75 Å². The van der Waals surface area contributed by atoms with Gasteiger partial charge >= 0.3 is 0 Å². The van der Waals surface area contributed by atoms with Gasteiger partial charge in [0.25, 0.3) is 5.91 Å². The number of amides is 1. The predicted octanol–water partition coefficient (Wildman–Crippen LogP) is 2.30. The van der Waals surface area contributed by atoms with E-state index in [-0.39, 0.29) is 12.5 Å². The lowest BCUT2D eigenvalue weighted by molar-refractivity contribution is -0.132. The van der Waals surface area contributed by atoms with Gasteiger partial charge in [0, 0.05) is 13.1 Å². The topological polar surface area (TPSA) is 55.6 Å². The molecule has 1 saturated heterocycles. The van der Waals surface area contributed by atoms with Crippen molar-refractivity contribution in [3.8, 4) is 5.75 Å². The lowest BCUT2D eigenvalue weighted by Crippen LogP contribution is -2.33. The van der Waals surface area contributed by atoms with Gasteiger partial charge in [0.15, 0.2) is 6.61 Å². The van der Waals surface area contributed by atoms with Crippen LogP contribution in [0.4, 0.5) is 0 Å². The second kappa shape index (κ2) is 6.94. The van der Waals surface area contributed by atoms with Crippen molar-refractivity contribution in [3.63, 3.8) is 0 Å². The quantitative estimate of drug-likeness (QED) is 0.905. The van der Waals surface area contributed by atoms with Crippen LogP contribution in [-0.2, 0) is 4.79 Å². The average Bonchev–Trinajstić information content (AvgIpc) is 2.93. The first-order valence-corrected chi connectivity index (χ1v) is 7.72. The van der Waals surface area contributed by atoms with Crippen molar-refractivity contribution in [2.75, 3.05) is 26.2 Å². The number of nitrogens with two attached hydrogens (primary N) is 1. The van der Waals surface area contributed by atoms with Crippen molar-refractivity contribution in [2.45, 2.75) is 33.1 Å². The third kappa shape index (κ3) is 3.97. The van der Waals surface area contributed by atoms with Crippen molar-refractivity contribution < 1.29 is 9.53 Å². The number of nitrogens with zero attached hydrogens (tertiary/aromatic N) is 1. The molecule has 2 rings (SSSR count). The molecule has 116 valence electrons. The fourth-order valence-electron chi connectivity index (χ4n) is 2.73. The molecule has 1 aromatic rings. The van der Waals surface area contributed by atoms with Crippen LogP contribution >= 0.6 is 0 Å². The zero-order chi connectivity index (χ0) is 15.4. The summed E-state index contributed by atoms with van der Waals surface area (Å²) >= 11 is 0. The molecule has 0 unspecified atom stereocenters. The Morgan fingerprint density at radius 2 is 2.24 bits per heavy atom. The molecule has 2 N–H and O–H groups in total. The summed E-state index contributed by atoms with van der Waals surface area (Å²) in [5, 5.41) is 0. The van der Waals surface area contributed by atoms with E-state index in [1.165, 1.54) is 0 Å². The third-order valence-electron chi connectivity index (χ3n) is 4.11. The third-order valence-corrected chi connectivity index (χ3v) is 4.11. The fraction of sp³-hybridized carbons (Fsp3) is 0.588. The molecule has 0 spiro atoms. The first-order chi connectivity index (χ1) is 10.0. The van der Waals surface area contributed by atoms with Crippen molar-refractivity contribution in [1.29, 1.82) is 0 Å². The molecule has 1 fully saturated rings. The van der Waals surface area contributed by atoms with Crippen molar-refractivity contribution in [3.05, 3.63) is 29.3 Å². The Hall–Kier alpha value is -1.55. The van der Waals surface area contributed by atoms with E-state index >= 15 is 0 Å². The highest BCUT2D eigenvalue weighted by Crippen LogP contribution is 2.27. The Labute approximate surface area is 127 Å². The molecule has 4 nitrogen and oxygen atoms in total. The number of likely N-dealkylation sites (tertiary alicyclic amines) is 1. The Kier molecular flexibility index (Phi) is 5.23. The van der Waals surface area contributed by atoms with Crippen molar-refractivity contribution in [1.82, 2.24) is 4.90 Å². The van der Waals surface area contributed by atoms with E-state index in [1.807, 2.05) is 17.9 Å². The Bertz CT molecular complexity index is 500. The lowest BCUT2D eigenvalue weighted by atomic mass is 10.0. The number of carbonyl (C=O) groups excluding carboxylic acids is 1. The zero-order valence-corrected chi connectivity index (χ0v) is 13.3. The normalized spacial score (nSPS) is 18.3. The van der Waals surface area contributed by atoms with Crippen LogP contribution in [0.3, 0.4) is 0 Å². The average molecular weight is 290 g/mol. The van der Waals surface area contributed by atoms with Gasteiger partial charge in [-0.05, 0) is 48.9 Å². The van der Waals surface area contributed by atoms with E-state index in [4.69, 9.17) is 10.5 Å². The molecule has 1 heterocycles. The summed E-state index contributed by atoms with van der Waals surface area (Å²) in [5.41, 5.74) is 7.95. The maximum Gasteiger partial charge on any atom is 0.260 e. The molecule has 21 heavy (non-hydrogen) atoms. The van der Waals surface area contributed by atoms with Gasteiger partial charge in [-0.1, -0.05) is 26.0 Å². The van der Waals surface area contributed by atoms with Gasteiger partial charge < -0.3 is 15.4 Å². The summed E-state index contributed by atoms with van der Waals surface area (Å²) in [6, 6.07) is 6.17. The van der Waals surface area contributed by atoms with Crippen molar-refractivity contribution >= 4 is 5.91 Å². The molecule has 1 aliphatic rings. The molecule has 0 aromatic heterocycles. The summed E-state index contributed by atoms with van der Waals surface area (Å²) in [5.74, 6) is 1.71. The molecule has 0 bridgehead atoms. The molecular weight excluding hydrogens is 264 g/mol. The molecular formula is C17H26N2O2. The number of aryl methyl sites for hydroxylation is 1. The van der Waals surface area contributed by atoms with Crippen LogP contribution in [0.2, 0.25) is 0 Å². The Morgan fingerprint density at radius 3 is 2.86 bits per heavy atom. The smallest absolute Gasteiger partial charge is 0.260 e. The van der Waals surface area contributed by atoms with E-state index < -0.39 is 0 Å². The number of hydrogen-bond donors (Lipinski definition) is 1. The highest BCUT2D eigenvalue weighted by Gasteiger charge is 2.25. The van der Waals surface area contributed by atoms with E-state index in [1.54, 1.807) is 0 Å². The highest BCUT2D eigenvalue weighted by atomic mass is 16.5. The van der Waals surface area contributed by atoms with Gasteiger partial charge in [0.2, 0.25) is 0 Å². The van der Waals surface area contributed by atoms with Gasteiger partial charge in [0.05, 0.1) is 0 Å². The van der Waals surface area contributed by atoms with Crippen LogP contribution in [-0.4, -0.2) is 37.0 Å². The van der Waals surface area contributed by atoms with E-state index in [2.05, 4.69) is 26.0 Å². The summed E-state index contributed by atoms with van der Waals surface area (Å²) in [6.07, 6.45) is 1.00. The second-order valence-corrected chi connectivity index (χ2v) is 6.21. The van der Waals surface area contributed by atoms with Gasteiger partial charge in [0.1, 0.15) is 5.75 Å². The van der Waals surface area contributed by atoms with E-state index in [9.17, 15) is 4.79 Å². The van der Waals surface area contributed by atoms with Crippen LogP contribution in [0.25, 0.3) is 0 Å². The largest absolute Gasteiger partial charge is 0.483 e. The van der Waals surface area contributed by atoms with Crippen molar-refractivity contribution in [2.24, 2.45) is 11.7 Å². The van der Waals surface area contributed by atoms with E-state index in [0.717, 1.165) is 36.4 Å². The Morgan fingerprint density at radius 1 is 1.48 bits per heavy atom. The number of carbonyl (C=O) groups is 1. The molecule has 0 aliphatic carbocycles. The maximum atomic E-state index is 12.2. The molecule has 1 aliphatic heterocycles. The minimum absolute atomic E-state index is 0.0576.